The van der Waals surface area contributed by atoms with E-state index in [1.54, 1.807) is 0 Å². The summed E-state index contributed by atoms with van der Waals surface area (Å²) in [5.74, 6) is 3.47. The van der Waals surface area contributed by atoms with Crippen LogP contribution in [0.2, 0.25) is 0 Å². The van der Waals surface area contributed by atoms with Gasteiger partial charge in [-0.25, -0.2) is 0 Å². The van der Waals surface area contributed by atoms with Gasteiger partial charge in [0, 0.05) is 53.1 Å². The molecule has 3 aliphatic rings. The monoisotopic (exact) mass is 1260 g/mol. The zero-order valence-electron chi connectivity index (χ0n) is 53.1. The van der Waals surface area contributed by atoms with Gasteiger partial charge in [0.2, 0.25) is 0 Å². The molecule has 0 unspecified atom stereocenters. The first-order valence-electron chi connectivity index (χ1n) is 33.9. The highest BCUT2D eigenvalue weighted by Crippen LogP contribution is 2.56. The van der Waals surface area contributed by atoms with Gasteiger partial charge < -0.3 is 18.6 Å². The third-order valence-corrected chi connectivity index (χ3v) is 22.7. The third-order valence-electron chi connectivity index (χ3n) is 21.5. The third kappa shape index (κ3) is 7.85. The van der Waals surface area contributed by atoms with Crippen molar-refractivity contribution in [2.24, 2.45) is 0 Å². The second-order valence-electron chi connectivity index (χ2n) is 26.4. The van der Waals surface area contributed by atoms with Gasteiger partial charge in [0.1, 0.15) is 23.0 Å². The van der Waals surface area contributed by atoms with Crippen LogP contribution >= 0.6 is 11.3 Å². The molecule has 0 fully saturated rings. The van der Waals surface area contributed by atoms with Crippen molar-refractivity contribution in [3.63, 3.8) is 0 Å². The molecule has 0 saturated heterocycles. The number of para-hydroxylation sites is 7. The molecule has 1 aliphatic carbocycles. The summed E-state index contributed by atoms with van der Waals surface area (Å²) in [7, 11) is 0. The van der Waals surface area contributed by atoms with Gasteiger partial charge in [0.05, 0.1) is 27.5 Å². The van der Waals surface area contributed by atoms with Crippen molar-refractivity contribution in [1.29, 1.82) is 0 Å². The van der Waals surface area contributed by atoms with Crippen LogP contribution in [0, 0.1) is 0 Å². The van der Waals surface area contributed by atoms with Crippen LogP contribution in [-0.2, 0) is 5.41 Å². The van der Waals surface area contributed by atoms with E-state index in [1.807, 2.05) is 11.3 Å². The minimum atomic E-state index is -0.586. The molecule has 4 nitrogen and oxygen atoms in total. The number of aromatic nitrogens is 2. The molecule has 2 aliphatic heterocycles. The highest BCUT2D eigenvalue weighted by Gasteiger charge is 2.50. The lowest BCUT2D eigenvalue weighted by atomic mass is 9.34. The summed E-state index contributed by atoms with van der Waals surface area (Å²) in [6, 6.07) is 126. The van der Waals surface area contributed by atoms with Gasteiger partial charge in [-0.15, -0.1) is 11.3 Å². The maximum Gasteiger partial charge on any atom is 0.256 e. The highest BCUT2D eigenvalue weighted by atomic mass is 32.1. The molecule has 0 spiro atoms. The molecule has 18 aromatic rings. The first-order valence-corrected chi connectivity index (χ1v) is 34.7. The Labute approximate surface area is 571 Å². The van der Waals surface area contributed by atoms with Crippen LogP contribution in [0.1, 0.15) is 22.3 Å². The zero-order chi connectivity index (χ0) is 64.2. The summed E-state index contributed by atoms with van der Waals surface area (Å²) in [5, 5.41) is 7.28. The summed E-state index contributed by atoms with van der Waals surface area (Å²) in [4.78, 5) is 0. The number of thiophene rings is 1. The number of fused-ring (bicyclic) bond motifs is 16. The number of hydrogen-bond donors (Lipinski definition) is 0. The Morgan fingerprint density at radius 3 is 1.32 bits per heavy atom. The van der Waals surface area contributed by atoms with Crippen LogP contribution in [-0.4, -0.2) is 22.6 Å². The van der Waals surface area contributed by atoms with E-state index in [2.05, 4.69) is 349 Å². The normalized spacial score (nSPS) is 13.3. The predicted molar refractivity (Wildman–Crippen MR) is 411 cm³/mol. The summed E-state index contributed by atoms with van der Waals surface area (Å²) in [6.45, 7) is -0.368. The molecule has 3 aromatic heterocycles. The molecule has 0 amide bonds. The van der Waals surface area contributed by atoms with Crippen LogP contribution in [0.4, 0.5) is 0 Å². The molecule has 21 rings (SSSR count). The van der Waals surface area contributed by atoms with E-state index in [-0.39, 0.29) is 13.4 Å². The smallest absolute Gasteiger partial charge is 0.256 e. The summed E-state index contributed by atoms with van der Waals surface area (Å²) in [5.41, 5.74) is 25.4. The molecule has 0 N–H and O–H groups in total. The van der Waals surface area contributed by atoms with E-state index >= 15 is 0 Å². The first-order chi connectivity index (χ1) is 48.7. The lowest BCUT2D eigenvalue weighted by Gasteiger charge is -2.37. The number of rotatable bonds is 8. The molecule has 7 heteroatoms. The van der Waals surface area contributed by atoms with Crippen LogP contribution in [0.5, 0.6) is 23.0 Å². The Morgan fingerprint density at radius 2 is 0.724 bits per heavy atom. The molecule has 5 heterocycles. The fourth-order valence-electron chi connectivity index (χ4n) is 17.6. The van der Waals surface area contributed by atoms with Crippen LogP contribution < -0.4 is 42.3 Å². The van der Waals surface area contributed by atoms with Gasteiger partial charge in [-0.3, -0.25) is 0 Å². The van der Waals surface area contributed by atoms with Gasteiger partial charge >= 0.3 is 0 Å². The number of nitrogens with zero attached hydrogens (tertiary/aromatic N) is 2. The Kier molecular flexibility index (Phi) is 12.1. The lowest BCUT2D eigenvalue weighted by Crippen LogP contribution is -2.57. The van der Waals surface area contributed by atoms with E-state index in [9.17, 15) is 0 Å². The van der Waals surface area contributed by atoms with Crippen molar-refractivity contribution < 1.29 is 9.47 Å². The predicted octanol–water partition coefficient (Wildman–Crippen LogP) is 19.2. The van der Waals surface area contributed by atoms with Crippen molar-refractivity contribution in [3.05, 3.63) is 362 Å². The molecular weight excluding hydrogens is 1210 g/mol. The molecule has 0 saturated carbocycles. The van der Waals surface area contributed by atoms with E-state index < -0.39 is 5.41 Å². The van der Waals surface area contributed by atoms with E-state index in [0.29, 0.717) is 0 Å². The zero-order valence-corrected chi connectivity index (χ0v) is 53.9. The van der Waals surface area contributed by atoms with Crippen LogP contribution in [0.3, 0.4) is 0 Å². The molecular formula is C91H56B2N2O2S. The topological polar surface area (TPSA) is 28.3 Å². The fraction of sp³-hybridized carbons (Fsp3) is 0.0110. The summed E-state index contributed by atoms with van der Waals surface area (Å²) >= 11 is 1.88. The molecule has 0 bridgehead atoms. The van der Waals surface area contributed by atoms with Crippen molar-refractivity contribution >= 4 is 121 Å². The highest BCUT2D eigenvalue weighted by molar-refractivity contribution is 7.26. The average Bonchev–Trinajstić information content (AvgIpc) is 1.48. The van der Waals surface area contributed by atoms with Gasteiger partial charge in [-0.1, -0.05) is 278 Å². The van der Waals surface area contributed by atoms with Crippen LogP contribution in [0.25, 0.3) is 109 Å². The van der Waals surface area contributed by atoms with Crippen molar-refractivity contribution in [2.45, 2.75) is 5.41 Å². The van der Waals surface area contributed by atoms with Crippen molar-refractivity contribution in [2.75, 3.05) is 0 Å². The second kappa shape index (κ2) is 21.4. The van der Waals surface area contributed by atoms with Crippen molar-refractivity contribution in [1.82, 2.24) is 9.13 Å². The standard InChI is InChI=1S/C91H56B2N2O2S/c1-3-26-59(27-4-1)91(60-28-5-2-6-29-60)70-39-12-7-30-63(70)68-37-24-43-75(88(68)91)92-71-40-13-20-48-82(71)97-85-56-57(52-53-74(85)92)61-35-25-51-86-87(61)69-38-23-36-62(90(69)98-86)58-54-80(94-76-44-16-8-31-64(76)65-32-9-17-45-77(65)94)89(93-72-41-14-21-49-83(72)96-84-50-22-15-42-73(84)93)81(55-58)95-78-46-18-10-33-66(78)67-34-11-19-47-79(67)95/h1-56H. The second-order valence-corrected chi connectivity index (χ2v) is 27.4. The number of benzene rings is 15. The quantitative estimate of drug-likeness (QED) is 0.142. The summed E-state index contributed by atoms with van der Waals surface area (Å²) in [6.07, 6.45) is 0. The largest absolute Gasteiger partial charge is 0.458 e. The maximum atomic E-state index is 7.23. The maximum absolute atomic E-state index is 7.23. The number of hydrogen-bond acceptors (Lipinski definition) is 3. The van der Waals surface area contributed by atoms with Crippen LogP contribution in [0.15, 0.2) is 340 Å². The minimum absolute atomic E-state index is 0.137. The minimum Gasteiger partial charge on any atom is -0.458 e. The Hall–Kier alpha value is -12.2. The lowest BCUT2D eigenvalue weighted by molar-refractivity contribution is 0.487. The van der Waals surface area contributed by atoms with Gasteiger partial charge in [0.15, 0.2) is 0 Å². The molecule has 454 valence electrons. The Bertz CT molecular complexity index is 6040. The fourth-order valence-corrected chi connectivity index (χ4v) is 18.8. The first kappa shape index (κ1) is 55.2. The van der Waals surface area contributed by atoms with Gasteiger partial charge in [-0.05, 0) is 150 Å². The Morgan fingerprint density at radius 1 is 0.296 bits per heavy atom. The molecule has 98 heavy (non-hydrogen) atoms. The van der Waals surface area contributed by atoms with Crippen molar-refractivity contribution in [3.8, 4) is 67.8 Å². The molecule has 0 atom stereocenters. The SMILES string of the molecule is c1ccc(C2(c3ccccc3)c3ccccc3-c3cccc(B4c5ccccc5Oc5cc(-c6cccc7sc8c(-c9cc(-n%10c%11ccccc%11c%11ccccc%11%10)c(B%10c%11ccccc%11Oc%11ccccc%11%10)c(-n%10c%11ccccc%11c%11ccccc%11%10)c9)cccc8c67)ccc54)c32)cc1. The average molecular weight is 1260 g/mol. The van der Waals surface area contributed by atoms with Gasteiger partial charge in [-0.2, -0.15) is 0 Å². The molecule has 15 aromatic carbocycles. The van der Waals surface area contributed by atoms with E-state index in [1.165, 1.54) is 97.2 Å². The molecule has 0 radical (unpaired) electrons. The summed E-state index contributed by atoms with van der Waals surface area (Å²) < 4.78 is 21.7. The van der Waals surface area contributed by atoms with E-state index in [0.717, 1.165) is 89.4 Å². The Balaban J connectivity index is 0.795. The van der Waals surface area contributed by atoms with Gasteiger partial charge in [0.25, 0.3) is 13.4 Å². The number of ether oxygens (including phenoxy) is 2. The van der Waals surface area contributed by atoms with E-state index in [4.69, 9.17) is 9.47 Å².